The van der Waals surface area contributed by atoms with Gasteiger partial charge in [-0.15, -0.1) is 0 Å². The molecule has 0 unspecified atom stereocenters. The Morgan fingerprint density at radius 3 is 2.74 bits per heavy atom. The van der Waals surface area contributed by atoms with E-state index in [0.29, 0.717) is 12.6 Å². The lowest BCUT2D eigenvalue weighted by Gasteiger charge is -2.15. The largest absolute Gasteiger partial charge is 0.477 e. The first-order valence-corrected chi connectivity index (χ1v) is 6.26. The zero-order chi connectivity index (χ0) is 13.8. The van der Waals surface area contributed by atoms with Crippen LogP contribution in [0.5, 0.6) is 0 Å². The number of hydrogen-bond acceptors (Lipinski definition) is 4. The van der Waals surface area contributed by atoms with E-state index in [9.17, 15) is 9.59 Å². The lowest BCUT2D eigenvalue weighted by molar-refractivity contribution is 0.0690. The topological polar surface area (TPSA) is 82.5 Å². The number of amides is 1. The molecule has 1 fully saturated rings. The second kappa shape index (κ2) is 5.79. The van der Waals surface area contributed by atoms with Crippen LogP contribution in [0.15, 0.2) is 18.2 Å². The van der Waals surface area contributed by atoms with Gasteiger partial charge in [0.15, 0.2) is 0 Å². The zero-order valence-electron chi connectivity index (χ0n) is 10.8. The van der Waals surface area contributed by atoms with Crippen molar-refractivity contribution in [1.29, 1.82) is 0 Å². The fraction of sp³-hybridized carbons (Fsp3) is 0.462. The number of nitrogens with one attached hydrogen (secondary N) is 1. The van der Waals surface area contributed by atoms with E-state index < -0.39 is 5.97 Å². The number of likely N-dealkylation sites (N-methyl/N-ethyl adjacent to an activating group) is 1. The fourth-order valence-electron chi connectivity index (χ4n) is 1.81. The summed E-state index contributed by atoms with van der Waals surface area (Å²) in [6.07, 6.45) is 2.46. The number of rotatable bonds is 6. The number of aromatic nitrogens is 1. The number of hydrogen-bond donors (Lipinski definition) is 2. The summed E-state index contributed by atoms with van der Waals surface area (Å²) in [5.41, 5.74) is 0.0109. The Labute approximate surface area is 111 Å². The molecular formula is C13H17N3O3. The van der Waals surface area contributed by atoms with Crippen LogP contribution in [-0.4, -0.2) is 53.0 Å². The molecule has 102 valence electrons. The summed E-state index contributed by atoms with van der Waals surface area (Å²) in [6, 6.07) is 5.04. The second-order valence-corrected chi connectivity index (χ2v) is 4.68. The van der Waals surface area contributed by atoms with Crippen LogP contribution in [0.4, 0.5) is 0 Å². The van der Waals surface area contributed by atoms with Crippen LogP contribution in [-0.2, 0) is 0 Å². The maximum atomic E-state index is 11.8. The standard InChI is InChI=1S/C13H17N3O3/c1-16(9-5-6-9)8-7-14-12(17)10-3-2-4-11(15-10)13(18)19/h2-4,9H,5-8H2,1H3,(H,14,17)(H,18,19). The molecule has 1 aliphatic carbocycles. The van der Waals surface area contributed by atoms with E-state index in [1.807, 2.05) is 7.05 Å². The molecule has 0 saturated heterocycles. The van der Waals surface area contributed by atoms with Crippen molar-refractivity contribution in [2.45, 2.75) is 18.9 Å². The highest BCUT2D eigenvalue weighted by Gasteiger charge is 2.25. The Kier molecular flexibility index (Phi) is 4.11. The first kappa shape index (κ1) is 13.5. The smallest absolute Gasteiger partial charge is 0.354 e. The zero-order valence-corrected chi connectivity index (χ0v) is 10.8. The van der Waals surface area contributed by atoms with Gasteiger partial charge < -0.3 is 15.3 Å². The van der Waals surface area contributed by atoms with Crippen molar-refractivity contribution in [2.24, 2.45) is 0 Å². The molecule has 0 radical (unpaired) electrons. The first-order chi connectivity index (χ1) is 9.08. The van der Waals surface area contributed by atoms with Gasteiger partial charge in [-0.1, -0.05) is 6.07 Å². The lowest BCUT2D eigenvalue weighted by atomic mass is 10.3. The van der Waals surface area contributed by atoms with Crippen LogP contribution in [0.1, 0.15) is 33.8 Å². The molecule has 2 N–H and O–H groups in total. The molecule has 6 heteroatoms. The predicted octanol–water partition coefficient (Wildman–Crippen LogP) is 0.604. The average molecular weight is 263 g/mol. The van der Waals surface area contributed by atoms with Gasteiger partial charge in [0.25, 0.3) is 5.91 Å². The number of carbonyl (C=O) groups is 2. The van der Waals surface area contributed by atoms with E-state index in [-0.39, 0.29) is 17.3 Å². The predicted molar refractivity (Wildman–Crippen MR) is 69.2 cm³/mol. The van der Waals surface area contributed by atoms with Crippen molar-refractivity contribution in [3.63, 3.8) is 0 Å². The normalized spacial score (nSPS) is 14.4. The molecule has 6 nitrogen and oxygen atoms in total. The molecule has 2 rings (SSSR count). The summed E-state index contributed by atoms with van der Waals surface area (Å²) < 4.78 is 0. The van der Waals surface area contributed by atoms with E-state index in [2.05, 4.69) is 15.2 Å². The Morgan fingerprint density at radius 2 is 2.11 bits per heavy atom. The van der Waals surface area contributed by atoms with Crippen LogP contribution < -0.4 is 5.32 Å². The third-order valence-corrected chi connectivity index (χ3v) is 3.12. The number of carboxylic acids is 1. The monoisotopic (exact) mass is 263 g/mol. The summed E-state index contributed by atoms with van der Waals surface area (Å²) in [4.78, 5) is 28.6. The lowest BCUT2D eigenvalue weighted by Crippen LogP contribution is -2.34. The number of pyridine rings is 1. The minimum absolute atomic E-state index is 0.122. The maximum Gasteiger partial charge on any atom is 0.354 e. The third-order valence-electron chi connectivity index (χ3n) is 3.12. The van der Waals surface area contributed by atoms with E-state index in [1.165, 1.54) is 31.0 Å². The summed E-state index contributed by atoms with van der Waals surface area (Å²) >= 11 is 0. The Hall–Kier alpha value is -1.95. The SMILES string of the molecule is CN(CCNC(=O)c1cccc(C(=O)O)n1)C1CC1. The van der Waals surface area contributed by atoms with Crippen LogP contribution in [0, 0.1) is 0 Å². The quantitative estimate of drug-likeness (QED) is 0.785. The molecule has 0 atom stereocenters. The molecule has 1 heterocycles. The van der Waals surface area contributed by atoms with Crippen molar-refractivity contribution >= 4 is 11.9 Å². The number of carbonyl (C=O) groups excluding carboxylic acids is 1. The fourth-order valence-corrected chi connectivity index (χ4v) is 1.81. The van der Waals surface area contributed by atoms with Gasteiger partial charge in [0.2, 0.25) is 0 Å². The van der Waals surface area contributed by atoms with Crippen LogP contribution >= 0.6 is 0 Å². The average Bonchev–Trinajstić information content (AvgIpc) is 3.23. The summed E-state index contributed by atoms with van der Waals surface area (Å²) in [6.45, 7) is 1.32. The van der Waals surface area contributed by atoms with Gasteiger partial charge in [0.05, 0.1) is 0 Å². The Balaban J connectivity index is 1.85. The molecule has 0 bridgehead atoms. The van der Waals surface area contributed by atoms with Gasteiger partial charge in [0.1, 0.15) is 11.4 Å². The molecule has 0 aliphatic heterocycles. The van der Waals surface area contributed by atoms with E-state index in [1.54, 1.807) is 0 Å². The highest BCUT2D eigenvalue weighted by atomic mass is 16.4. The van der Waals surface area contributed by atoms with Gasteiger partial charge >= 0.3 is 5.97 Å². The van der Waals surface area contributed by atoms with E-state index >= 15 is 0 Å². The molecule has 19 heavy (non-hydrogen) atoms. The van der Waals surface area contributed by atoms with Crippen molar-refractivity contribution in [1.82, 2.24) is 15.2 Å². The van der Waals surface area contributed by atoms with Crippen LogP contribution in [0.25, 0.3) is 0 Å². The van der Waals surface area contributed by atoms with E-state index in [0.717, 1.165) is 6.54 Å². The minimum Gasteiger partial charge on any atom is -0.477 e. The van der Waals surface area contributed by atoms with E-state index in [4.69, 9.17) is 5.11 Å². The van der Waals surface area contributed by atoms with Gasteiger partial charge in [0, 0.05) is 19.1 Å². The number of aromatic carboxylic acids is 1. The van der Waals surface area contributed by atoms with Gasteiger partial charge in [-0.05, 0) is 32.0 Å². The highest BCUT2D eigenvalue weighted by molar-refractivity contribution is 5.94. The summed E-state index contributed by atoms with van der Waals surface area (Å²) in [5.74, 6) is -1.48. The maximum absolute atomic E-state index is 11.8. The molecule has 1 aromatic rings. The van der Waals surface area contributed by atoms with Crippen LogP contribution in [0.3, 0.4) is 0 Å². The molecule has 1 amide bonds. The molecule has 0 spiro atoms. The molecule has 1 aliphatic rings. The highest BCUT2D eigenvalue weighted by Crippen LogP contribution is 2.24. The van der Waals surface area contributed by atoms with Crippen molar-refractivity contribution in [3.8, 4) is 0 Å². The summed E-state index contributed by atoms with van der Waals surface area (Å²) in [7, 11) is 2.03. The first-order valence-electron chi connectivity index (χ1n) is 6.26. The summed E-state index contributed by atoms with van der Waals surface area (Å²) in [5, 5.41) is 11.5. The minimum atomic E-state index is -1.14. The van der Waals surface area contributed by atoms with Crippen LogP contribution in [0.2, 0.25) is 0 Å². The van der Waals surface area contributed by atoms with Crippen molar-refractivity contribution < 1.29 is 14.7 Å². The van der Waals surface area contributed by atoms with Crippen molar-refractivity contribution in [3.05, 3.63) is 29.6 Å². The molecule has 1 aromatic heterocycles. The second-order valence-electron chi connectivity index (χ2n) is 4.68. The van der Waals surface area contributed by atoms with Gasteiger partial charge in [-0.25, -0.2) is 9.78 Å². The van der Waals surface area contributed by atoms with Crippen molar-refractivity contribution in [2.75, 3.05) is 20.1 Å². The molecule has 0 aromatic carbocycles. The molecular weight excluding hydrogens is 246 g/mol. The third kappa shape index (κ3) is 3.75. The Bertz CT molecular complexity index is 486. The Morgan fingerprint density at radius 1 is 1.42 bits per heavy atom. The number of carboxylic acid groups (broad SMARTS) is 1. The van der Waals surface area contributed by atoms with Gasteiger partial charge in [-0.3, -0.25) is 4.79 Å². The number of nitrogens with zero attached hydrogens (tertiary/aromatic N) is 2. The van der Waals surface area contributed by atoms with Gasteiger partial charge in [-0.2, -0.15) is 0 Å². The molecule has 1 saturated carbocycles.